The second-order valence-electron chi connectivity index (χ2n) is 8.45. The number of rotatable bonds is 8. The van der Waals surface area contributed by atoms with E-state index < -0.39 is 5.92 Å². The Labute approximate surface area is 206 Å². The number of carbonyl (C=O) groups excluding carboxylic acids is 1. The van der Waals surface area contributed by atoms with Crippen LogP contribution in [0.3, 0.4) is 0 Å². The fourth-order valence-corrected chi connectivity index (χ4v) is 4.23. The van der Waals surface area contributed by atoms with Gasteiger partial charge in [-0.15, -0.1) is 0 Å². The van der Waals surface area contributed by atoms with E-state index in [4.69, 9.17) is 0 Å². The molecule has 0 radical (unpaired) electrons. The summed E-state index contributed by atoms with van der Waals surface area (Å²) in [5.74, 6) is -0.871. The van der Waals surface area contributed by atoms with Crippen molar-refractivity contribution >= 4 is 16.9 Å². The minimum Gasteiger partial charge on any atom is -0.353 e. The zero-order chi connectivity index (χ0) is 24.9. The van der Waals surface area contributed by atoms with Gasteiger partial charge in [-0.05, 0) is 28.8 Å². The largest absolute Gasteiger partial charge is 0.353 e. The SMILES string of the molecule is O=C(NCCn1ncc2c(=O)n(Cc3ccc(F)cc3)cnc21)C(c1ccccc1)c1ccccc1. The molecule has 0 fully saturated rings. The smallest absolute Gasteiger partial charge is 0.264 e. The molecule has 0 saturated heterocycles. The highest BCUT2D eigenvalue weighted by Crippen LogP contribution is 2.24. The van der Waals surface area contributed by atoms with Crippen LogP contribution in [-0.2, 0) is 17.9 Å². The molecule has 8 heteroatoms. The van der Waals surface area contributed by atoms with Crippen LogP contribution in [0.4, 0.5) is 4.39 Å². The van der Waals surface area contributed by atoms with Gasteiger partial charge < -0.3 is 5.32 Å². The number of aromatic nitrogens is 4. The van der Waals surface area contributed by atoms with Gasteiger partial charge in [0.1, 0.15) is 17.5 Å². The predicted molar refractivity (Wildman–Crippen MR) is 135 cm³/mol. The molecule has 36 heavy (non-hydrogen) atoms. The van der Waals surface area contributed by atoms with E-state index in [2.05, 4.69) is 15.4 Å². The number of hydrogen-bond acceptors (Lipinski definition) is 4. The number of carbonyl (C=O) groups is 1. The first-order chi connectivity index (χ1) is 17.6. The molecular weight excluding hydrogens is 457 g/mol. The number of fused-ring (bicyclic) bond motifs is 1. The minimum atomic E-state index is -0.432. The highest BCUT2D eigenvalue weighted by Gasteiger charge is 2.22. The Morgan fingerprint density at radius 2 is 1.56 bits per heavy atom. The van der Waals surface area contributed by atoms with E-state index in [0.29, 0.717) is 24.1 Å². The molecule has 0 unspecified atom stereocenters. The van der Waals surface area contributed by atoms with Crippen LogP contribution in [0.1, 0.15) is 22.6 Å². The Morgan fingerprint density at radius 1 is 0.917 bits per heavy atom. The van der Waals surface area contributed by atoms with Crippen molar-refractivity contribution in [1.29, 1.82) is 0 Å². The van der Waals surface area contributed by atoms with Gasteiger partial charge in [0.2, 0.25) is 5.91 Å². The van der Waals surface area contributed by atoms with Crippen LogP contribution in [0.25, 0.3) is 11.0 Å². The van der Waals surface area contributed by atoms with E-state index >= 15 is 0 Å². The number of nitrogens with one attached hydrogen (secondary N) is 1. The van der Waals surface area contributed by atoms with Crippen LogP contribution in [0.15, 0.2) is 102 Å². The molecule has 7 nitrogen and oxygen atoms in total. The maximum Gasteiger partial charge on any atom is 0.264 e. The maximum absolute atomic E-state index is 13.2. The lowest BCUT2D eigenvalue weighted by molar-refractivity contribution is -0.121. The lowest BCUT2D eigenvalue weighted by Crippen LogP contribution is -2.32. The van der Waals surface area contributed by atoms with Crippen LogP contribution in [-0.4, -0.2) is 31.8 Å². The zero-order valence-electron chi connectivity index (χ0n) is 19.4. The van der Waals surface area contributed by atoms with Crippen molar-refractivity contribution < 1.29 is 9.18 Å². The van der Waals surface area contributed by atoms with Crippen LogP contribution in [0.2, 0.25) is 0 Å². The van der Waals surface area contributed by atoms with Gasteiger partial charge in [-0.1, -0.05) is 72.8 Å². The van der Waals surface area contributed by atoms with Crippen molar-refractivity contribution in [2.24, 2.45) is 0 Å². The second-order valence-corrected chi connectivity index (χ2v) is 8.45. The van der Waals surface area contributed by atoms with Gasteiger partial charge in [0.15, 0.2) is 5.65 Å². The van der Waals surface area contributed by atoms with Crippen molar-refractivity contribution in [3.8, 4) is 0 Å². The third-order valence-corrected chi connectivity index (χ3v) is 6.04. The summed E-state index contributed by atoms with van der Waals surface area (Å²) in [6.45, 7) is 0.968. The second kappa shape index (κ2) is 10.4. The molecule has 5 rings (SSSR count). The van der Waals surface area contributed by atoms with E-state index in [1.165, 1.54) is 29.2 Å². The van der Waals surface area contributed by atoms with Gasteiger partial charge in [0, 0.05) is 6.54 Å². The monoisotopic (exact) mass is 481 g/mol. The van der Waals surface area contributed by atoms with E-state index in [1.807, 2.05) is 60.7 Å². The lowest BCUT2D eigenvalue weighted by atomic mass is 9.90. The summed E-state index contributed by atoms with van der Waals surface area (Å²) in [5.41, 5.74) is 2.84. The summed E-state index contributed by atoms with van der Waals surface area (Å²) in [6, 6.07) is 25.3. The fourth-order valence-electron chi connectivity index (χ4n) is 4.23. The van der Waals surface area contributed by atoms with Gasteiger partial charge in [-0.3, -0.25) is 14.2 Å². The summed E-state index contributed by atoms with van der Waals surface area (Å²) in [7, 11) is 0. The third-order valence-electron chi connectivity index (χ3n) is 6.04. The Morgan fingerprint density at radius 3 is 2.19 bits per heavy atom. The van der Waals surface area contributed by atoms with Gasteiger partial charge >= 0.3 is 0 Å². The first-order valence-corrected chi connectivity index (χ1v) is 11.6. The van der Waals surface area contributed by atoms with E-state index in [0.717, 1.165) is 16.7 Å². The topological polar surface area (TPSA) is 81.8 Å². The summed E-state index contributed by atoms with van der Waals surface area (Å²) >= 11 is 0. The third kappa shape index (κ3) is 4.93. The summed E-state index contributed by atoms with van der Waals surface area (Å²) in [6.07, 6.45) is 2.95. The Balaban J connectivity index is 1.29. The van der Waals surface area contributed by atoms with E-state index in [-0.39, 0.29) is 23.8 Å². The van der Waals surface area contributed by atoms with Crippen molar-refractivity contribution in [1.82, 2.24) is 24.6 Å². The van der Waals surface area contributed by atoms with E-state index in [1.54, 1.807) is 16.8 Å². The molecule has 0 spiro atoms. The van der Waals surface area contributed by atoms with Gasteiger partial charge in [-0.2, -0.15) is 5.10 Å². The molecule has 0 saturated carbocycles. The molecule has 0 atom stereocenters. The molecule has 0 aliphatic rings. The normalized spacial score (nSPS) is 11.2. The Bertz CT molecular complexity index is 1490. The van der Waals surface area contributed by atoms with Crippen molar-refractivity contribution in [3.05, 3.63) is 130 Å². The molecule has 1 N–H and O–H groups in total. The molecule has 0 aliphatic heterocycles. The summed E-state index contributed by atoms with van der Waals surface area (Å²) < 4.78 is 16.2. The van der Waals surface area contributed by atoms with Crippen LogP contribution in [0.5, 0.6) is 0 Å². The average Bonchev–Trinajstić information content (AvgIpc) is 3.32. The number of amides is 1. The summed E-state index contributed by atoms with van der Waals surface area (Å²) in [4.78, 5) is 30.5. The quantitative estimate of drug-likeness (QED) is 0.366. The van der Waals surface area contributed by atoms with Crippen LogP contribution >= 0.6 is 0 Å². The maximum atomic E-state index is 13.2. The molecule has 1 amide bonds. The molecule has 3 aromatic carbocycles. The van der Waals surface area contributed by atoms with Gasteiger partial charge in [0.25, 0.3) is 5.56 Å². The molecule has 180 valence electrons. The van der Waals surface area contributed by atoms with E-state index in [9.17, 15) is 14.0 Å². The Hall–Kier alpha value is -4.59. The zero-order valence-corrected chi connectivity index (χ0v) is 19.4. The highest BCUT2D eigenvalue weighted by atomic mass is 19.1. The molecule has 0 bridgehead atoms. The van der Waals surface area contributed by atoms with Crippen LogP contribution in [0, 0.1) is 5.82 Å². The van der Waals surface area contributed by atoms with Crippen LogP contribution < -0.4 is 10.9 Å². The fraction of sp³-hybridized carbons (Fsp3) is 0.143. The first kappa shape index (κ1) is 23.2. The van der Waals surface area contributed by atoms with Gasteiger partial charge in [-0.25, -0.2) is 14.1 Å². The standard InChI is InChI=1S/C28H24FN5O2/c29-23-13-11-20(12-14-23)18-33-19-31-26-24(28(33)36)17-32-34(26)16-15-30-27(35)25(21-7-3-1-4-8-21)22-9-5-2-6-10-22/h1-14,17,19,25H,15-16,18H2,(H,30,35). The number of hydrogen-bond donors (Lipinski definition) is 1. The Kier molecular flexibility index (Phi) is 6.66. The average molecular weight is 482 g/mol. The molecular formula is C28H24FN5O2. The van der Waals surface area contributed by atoms with Gasteiger partial charge in [0.05, 0.1) is 25.2 Å². The minimum absolute atomic E-state index is 0.113. The number of nitrogens with zero attached hydrogens (tertiary/aromatic N) is 4. The van der Waals surface area contributed by atoms with Crippen molar-refractivity contribution in [2.45, 2.75) is 19.0 Å². The van der Waals surface area contributed by atoms with Crippen molar-refractivity contribution in [2.75, 3.05) is 6.54 Å². The number of benzene rings is 3. The first-order valence-electron chi connectivity index (χ1n) is 11.6. The summed E-state index contributed by atoms with van der Waals surface area (Å²) in [5, 5.41) is 7.70. The lowest BCUT2D eigenvalue weighted by Gasteiger charge is -2.18. The molecule has 0 aliphatic carbocycles. The highest BCUT2D eigenvalue weighted by molar-refractivity contribution is 5.87. The number of halogens is 1. The molecule has 2 heterocycles. The molecule has 2 aromatic heterocycles. The predicted octanol–water partition coefficient (Wildman–Crippen LogP) is 3.73. The van der Waals surface area contributed by atoms with Crippen molar-refractivity contribution in [3.63, 3.8) is 0 Å². The molecule has 5 aromatic rings.